The summed E-state index contributed by atoms with van der Waals surface area (Å²) in [6, 6.07) is 7.01. The average Bonchev–Trinajstić information content (AvgIpc) is 2.28. The zero-order chi connectivity index (χ0) is 12.7. The average molecular weight is 236 g/mol. The highest BCUT2D eigenvalue weighted by Gasteiger charge is 2.07. The fourth-order valence-corrected chi connectivity index (χ4v) is 1.59. The van der Waals surface area contributed by atoms with Crippen molar-refractivity contribution in [1.29, 1.82) is 0 Å². The number of nitrogens with one attached hydrogen (secondary N) is 2. The summed E-state index contributed by atoms with van der Waals surface area (Å²) in [5.41, 5.74) is 0.979. The number of phenolic OH excluding ortho intramolecular Hbond substituents is 1. The molecule has 0 fully saturated rings. The van der Waals surface area contributed by atoms with Crippen LogP contribution in [0.2, 0.25) is 0 Å². The van der Waals surface area contributed by atoms with Crippen molar-refractivity contribution in [2.24, 2.45) is 0 Å². The van der Waals surface area contributed by atoms with Gasteiger partial charge in [0.15, 0.2) is 0 Å². The zero-order valence-corrected chi connectivity index (χ0v) is 10.4. The Hall–Kier alpha value is -1.55. The smallest absolute Gasteiger partial charge is 0.221 e. The molecular formula is C13H20N2O2. The second-order valence-corrected chi connectivity index (χ2v) is 4.11. The van der Waals surface area contributed by atoms with Crippen LogP contribution in [0.25, 0.3) is 0 Å². The number of carbonyl (C=O) groups excluding carboxylic acids is 1. The van der Waals surface area contributed by atoms with Crippen LogP contribution in [0.4, 0.5) is 0 Å². The first kappa shape index (κ1) is 13.5. The lowest BCUT2D eigenvalue weighted by atomic mass is 10.2. The fraction of sp³-hybridized carbons (Fsp3) is 0.462. The predicted molar refractivity (Wildman–Crippen MR) is 67.7 cm³/mol. The summed E-state index contributed by atoms with van der Waals surface area (Å²) in [5.74, 6) is 0.271. The van der Waals surface area contributed by atoms with Crippen molar-refractivity contribution in [3.8, 4) is 5.75 Å². The van der Waals surface area contributed by atoms with E-state index < -0.39 is 0 Å². The molecule has 94 valence electrons. The van der Waals surface area contributed by atoms with Crippen LogP contribution in [0.1, 0.15) is 25.8 Å². The van der Waals surface area contributed by atoms with Gasteiger partial charge in [0.2, 0.25) is 5.91 Å². The first-order valence-electron chi connectivity index (χ1n) is 5.89. The summed E-state index contributed by atoms with van der Waals surface area (Å²) in [4.78, 5) is 11.6. The maximum absolute atomic E-state index is 11.6. The second kappa shape index (κ2) is 6.91. The predicted octanol–water partition coefficient (Wildman–Crippen LogP) is 1.40. The lowest BCUT2D eigenvalue weighted by molar-refractivity contribution is -0.121. The number of benzene rings is 1. The van der Waals surface area contributed by atoms with Gasteiger partial charge in [-0.05, 0) is 31.2 Å². The third-order valence-electron chi connectivity index (χ3n) is 2.47. The SMILES string of the molecule is CCNC(C)CC(=O)NCc1ccc(O)cc1. The standard InChI is InChI=1S/C13H20N2O2/c1-3-14-10(2)8-13(17)15-9-11-4-6-12(16)7-5-11/h4-7,10,14,16H,3,8-9H2,1-2H3,(H,15,17). The van der Waals surface area contributed by atoms with Gasteiger partial charge < -0.3 is 15.7 Å². The molecule has 17 heavy (non-hydrogen) atoms. The molecule has 1 aromatic carbocycles. The molecule has 0 aromatic heterocycles. The van der Waals surface area contributed by atoms with Crippen molar-refractivity contribution in [1.82, 2.24) is 10.6 Å². The van der Waals surface area contributed by atoms with Crippen molar-refractivity contribution < 1.29 is 9.90 Å². The number of rotatable bonds is 6. The molecule has 0 saturated heterocycles. The van der Waals surface area contributed by atoms with Gasteiger partial charge >= 0.3 is 0 Å². The summed E-state index contributed by atoms with van der Waals surface area (Å²) in [5, 5.41) is 15.2. The third kappa shape index (κ3) is 5.36. The summed E-state index contributed by atoms with van der Waals surface area (Å²) < 4.78 is 0. The minimum Gasteiger partial charge on any atom is -0.508 e. The van der Waals surface area contributed by atoms with E-state index in [9.17, 15) is 4.79 Å². The number of hydrogen-bond donors (Lipinski definition) is 3. The number of hydrogen-bond acceptors (Lipinski definition) is 3. The second-order valence-electron chi connectivity index (χ2n) is 4.11. The highest BCUT2D eigenvalue weighted by Crippen LogP contribution is 2.09. The summed E-state index contributed by atoms with van der Waals surface area (Å²) >= 11 is 0. The molecule has 0 aliphatic heterocycles. The highest BCUT2D eigenvalue weighted by molar-refractivity contribution is 5.76. The van der Waals surface area contributed by atoms with Gasteiger partial charge in [0, 0.05) is 19.0 Å². The highest BCUT2D eigenvalue weighted by atomic mass is 16.3. The number of carbonyl (C=O) groups is 1. The van der Waals surface area contributed by atoms with Gasteiger partial charge in [0.05, 0.1) is 0 Å². The molecule has 0 heterocycles. The Morgan fingerprint density at radius 2 is 2.00 bits per heavy atom. The van der Waals surface area contributed by atoms with Gasteiger partial charge in [-0.1, -0.05) is 19.1 Å². The molecule has 0 bridgehead atoms. The largest absolute Gasteiger partial charge is 0.508 e. The van der Waals surface area contributed by atoms with Crippen molar-refractivity contribution in [2.45, 2.75) is 32.9 Å². The molecular weight excluding hydrogens is 216 g/mol. The molecule has 4 heteroatoms. The molecule has 0 aliphatic carbocycles. The molecule has 1 amide bonds. The first-order valence-corrected chi connectivity index (χ1v) is 5.89. The van der Waals surface area contributed by atoms with E-state index in [-0.39, 0.29) is 17.7 Å². The minimum atomic E-state index is 0.0338. The van der Waals surface area contributed by atoms with Crippen LogP contribution < -0.4 is 10.6 Å². The molecule has 1 rings (SSSR count). The first-order chi connectivity index (χ1) is 8.11. The zero-order valence-electron chi connectivity index (χ0n) is 10.4. The van der Waals surface area contributed by atoms with E-state index in [0.717, 1.165) is 12.1 Å². The van der Waals surface area contributed by atoms with Gasteiger partial charge in [-0.15, -0.1) is 0 Å². The molecule has 0 aliphatic rings. The Morgan fingerprint density at radius 1 is 1.35 bits per heavy atom. The number of amides is 1. The maximum atomic E-state index is 11.6. The Balaban J connectivity index is 2.30. The summed E-state index contributed by atoms with van der Waals surface area (Å²) in [6.45, 7) is 5.37. The van der Waals surface area contributed by atoms with Crippen molar-refractivity contribution in [3.05, 3.63) is 29.8 Å². The van der Waals surface area contributed by atoms with Crippen LogP contribution in [0.3, 0.4) is 0 Å². The van der Waals surface area contributed by atoms with Crippen LogP contribution in [-0.2, 0) is 11.3 Å². The van der Waals surface area contributed by atoms with E-state index in [4.69, 9.17) is 5.11 Å². The van der Waals surface area contributed by atoms with E-state index in [1.807, 2.05) is 13.8 Å². The van der Waals surface area contributed by atoms with Crippen molar-refractivity contribution in [2.75, 3.05) is 6.54 Å². The van der Waals surface area contributed by atoms with E-state index in [1.165, 1.54) is 0 Å². The molecule has 0 radical (unpaired) electrons. The van der Waals surface area contributed by atoms with E-state index in [2.05, 4.69) is 10.6 Å². The van der Waals surface area contributed by atoms with E-state index in [1.54, 1.807) is 24.3 Å². The van der Waals surface area contributed by atoms with Crippen molar-refractivity contribution >= 4 is 5.91 Å². The lowest BCUT2D eigenvalue weighted by Crippen LogP contribution is -2.33. The van der Waals surface area contributed by atoms with Crippen LogP contribution in [0, 0.1) is 0 Å². The third-order valence-corrected chi connectivity index (χ3v) is 2.47. The quantitative estimate of drug-likeness (QED) is 0.699. The summed E-state index contributed by atoms with van der Waals surface area (Å²) in [7, 11) is 0. The Kier molecular flexibility index (Phi) is 5.49. The Morgan fingerprint density at radius 3 is 2.59 bits per heavy atom. The van der Waals surface area contributed by atoms with Crippen LogP contribution >= 0.6 is 0 Å². The molecule has 0 spiro atoms. The van der Waals surface area contributed by atoms with Gasteiger partial charge in [0.1, 0.15) is 5.75 Å². The minimum absolute atomic E-state index is 0.0338. The van der Waals surface area contributed by atoms with E-state index >= 15 is 0 Å². The summed E-state index contributed by atoms with van der Waals surface area (Å²) in [6.07, 6.45) is 0.478. The topological polar surface area (TPSA) is 61.4 Å². The van der Waals surface area contributed by atoms with Crippen molar-refractivity contribution in [3.63, 3.8) is 0 Å². The van der Waals surface area contributed by atoms with Gasteiger partial charge in [0.25, 0.3) is 0 Å². The molecule has 1 unspecified atom stereocenters. The molecule has 4 nitrogen and oxygen atoms in total. The Bertz CT molecular complexity index is 349. The Labute approximate surface area is 102 Å². The molecule has 1 aromatic rings. The normalized spacial score (nSPS) is 12.1. The van der Waals surface area contributed by atoms with Gasteiger partial charge in [-0.2, -0.15) is 0 Å². The van der Waals surface area contributed by atoms with Gasteiger partial charge in [-0.25, -0.2) is 0 Å². The van der Waals surface area contributed by atoms with Crippen LogP contribution in [0.15, 0.2) is 24.3 Å². The fourth-order valence-electron chi connectivity index (χ4n) is 1.59. The van der Waals surface area contributed by atoms with E-state index in [0.29, 0.717) is 13.0 Å². The molecule has 1 atom stereocenters. The monoisotopic (exact) mass is 236 g/mol. The van der Waals surface area contributed by atoms with Gasteiger partial charge in [-0.3, -0.25) is 4.79 Å². The van der Waals surface area contributed by atoms with Crippen LogP contribution in [0.5, 0.6) is 5.75 Å². The van der Waals surface area contributed by atoms with Crippen LogP contribution in [-0.4, -0.2) is 23.6 Å². The molecule has 0 saturated carbocycles. The number of aromatic hydroxyl groups is 1. The molecule has 3 N–H and O–H groups in total. The number of phenols is 1. The maximum Gasteiger partial charge on any atom is 0.221 e. The lowest BCUT2D eigenvalue weighted by Gasteiger charge is -2.12.